The molecule has 2 heterocycles. The molecule has 0 saturated carbocycles. The Morgan fingerprint density at radius 1 is 1.45 bits per heavy atom. The Balaban J connectivity index is 1.82. The number of carbonyl (C=O) groups excluding carboxylic acids is 2. The third kappa shape index (κ3) is 3.69. The van der Waals surface area contributed by atoms with Gasteiger partial charge in [-0.05, 0) is 12.1 Å². The molecule has 1 aromatic rings. The minimum Gasteiger partial charge on any atom is -0.495 e. The van der Waals surface area contributed by atoms with E-state index in [1.807, 2.05) is 0 Å². The molecule has 1 atom stereocenters. The number of likely N-dealkylation sites (tertiary alicyclic amines) is 1. The molecular formula is C14H18N2O4. The van der Waals surface area contributed by atoms with Crippen molar-refractivity contribution in [1.29, 1.82) is 0 Å². The van der Waals surface area contributed by atoms with Crippen LogP contribution in [0.2, 0.25) is 0 Å². The highest BCUT2D eigenvalue weighted by molar-refractivity contribution is 5.74. The molecule has 1 fully saturated rings. The number of amides is 1. The Morgan fingerprint density at radius 2 is 2.25 bits per heavy atom. The highest BCUT2D eigenvalue weighted by Crippen LogP contribution is 2.14. The lowest BCUT2D eigenvalue weighted by atomic mass is 10.2. The van der Waals surface area contributed by atoms with Gasteiger partial charge in [-0.15, -0.1) is 0 Å². The first kappa shape index (κ1) is 14.3. The van der Waals surface area contributed by atoms with E-state index in [2.05, 4.69) is 4.98 Å². The van der Waals surface area contributed by atoms with Crippen molar-refractivity contribution in [1.82, 2.24) is 9.88 Å². The van der Waals surface area contributed by atoms with Crippen LogP contribution in [0.1, 0.15) is 19.0 Å². The maximum Gasteiger partial charge on any atom is 0.312 e. The van der Waals surface area contributed by atoms with Crippen LogP contribution in [0.25, 0.3) is 0 Å². The minimum atomic E-state index is -0.321. The van der Waals surface area contributed by atoms with E-state index in [1.54, 1.807) is 30.3 Å². The summed E-state index contributed by atoms with van der Waals surface area (Å²) in [5.41, 5.74) is 0.636. The van der Waals surface area contributed by atoms with Crippen molar-refractivity contribution < 1.29 is 19.1 Å². The number of aromatic nitrogens is 1. The van der Waals surface area contributed by atoms with E-state index >= 15 is 0 Å². The lowest BCUT2D eigenvalue weighted by molar-refractivity contribution is -0.148. The van der Waals surface area contributed by atoms with Crippen LogP contribution in [-0.2, 0) is 20.7 Å². The van der Waals surface area contributed by atoms with Crippen molar-refractivity contribution in [2.24, 2.45) is 0 Å². The van der Waals surface area contributed by atoms with Gasteiger partial charge in [-0.25, -0.2) is 0 Å². The number of esters is 1. The molecule has 1 amide bonds. The van der Waals surface area contributed by atoms with E-state index in [0.29, 0.717) is 31.0 Å². The molecule has 6 nitrogen and oxygen atoms in total. The van der Waals surface area contributed by atoms with E-state index in [0.717, 1.165) is 0 Å². The van der Waals surface area contributed by atoms with Crippen molar-refractivity contribution in [3.63, 3.8) is 0 Å². The van der Waals surface area contributed by atoms with Crippen LogP contribution < -0.4 is 4.74 Å². The molecule has 0 aromatic carbocycles. The highest BCUT2D eigenvalue weighted by Gasteiger charge is 2.27. The first-order chi connectivity index (χ1) is 9.58. The topological polar surface area (TPSA) is 68.7 Å². The molecule has 6 heteroatoms. The summed E-state index contributed by atoms with van der Waals surface area (Å²) in [7, 11) is 1.56. The van der Waals surface area contributed by atoms with Gasteiger partial charge in [-0.2, -0.15) is 0 Å². The number of carbonyl (C=O) groups is 2. The predicted molar refractivity (Wildman–Crippen MR) is 71.2 cm³/mol. The van der Waals surface area contributed by atoms with Crippen LogP contribution in [0.4, 0.5) is 0 Å². The lowest BCUT2D eigenvalue weighted by Crippen LogP contribution is -2.29. The van der Waals surface area contributed by atoms with Gasteiger partial charge in [0.2, 0.25) is 5.91 Å². The van der Waals surface area contributed by atoms with Crippen LogP contribution in [0, 0.1) is 0 Å². The number of hydrogen-bond donors (Lipinski definition) is 0. The number of ether oxygens (including phenoxy) is 2. The number of rotatable bonds is 4. The number of pyridine rings is 1. The molecule has 2 rings (SSSR count). The van der Waals surface area contributed by atoms with Gasteiger partial charge in [0.1, 0.15) is 11.9 Å². The van der Waals surface area contributed by atoms with E-state index in [9.17, 15) is 9.59 Å². The van der Waals surface area contributed by atoms with Gasteiger partial charge < -0.3 is 14.4 Å². The summed E-state index contributed by atoms with van der Waals surface area (Å²) in [6, 6.07) is 3.49. The molecule has 0 unspecified atom stereocenters. The van der Waals surface area contributed by atoms with E-state index in [4.69, 9.17) is 9.47 Å². The molecule has 0 bridgehead atoms. The van der Waals surface area contributed by atoms with Crippen LogP contribution in [0.15, 0.2) is 18.3 Å². The van der Waals surface area contributed by atoms with Crippen LogP contribution in [0.5, 0.6) is 5.75 Å². The average molecular weight is 278 g/mol. The minimum absolute atomic E-state index is 0.0142. The monoisotopic (exact) mass is 278 g/mol. The first-order valence-corrected chi connectivity index (χ1v) is 6.52. The SMILES string of the molecule is COc1ccc(CC(=O)O[C@H]2CCN(C(C)=O)C2)nc1. The standard InChI is InChI=1S/C14H18N2O4/c1-10(17)16-6-5-13(9-16)20-14(18)7-11-3-4-12(19-2)8-15-11/h3-4,8,13H,5-7,9H2,1-2H3/t13-/m0/s1. The smallest absolute Gasteiger partial charge is 0.312 e. The Labute approximate surface area is 117 Å². The van der Waals surface area contributed by atoms with Crippen molar-refractivity contribution in [3.05, 3.63) is 24.0 Å². The second-order valence-electron chi connectivity index (χ2n) is 4.73. The molecular weight excluding hydrogens is 260 g/mol. The van der Waals surface area contributed by atoms with E-state index in [-0.39, 0.29) is 24.4 Å². The highest BCUT2D eigenvalue weighted by atomic mass is 16.5. The maximum absolute atomic E-state index is 11.8. The van der Waals surface area contributed by atoms with Gasteiger partial charge in [-0.1, -0.05) is 0 Å². The van der Waals surface area contributed by atoms with Crippen LogP contribution in [-0.4, -0.2) is 48.1 Å². The summed E-state index contributed by atoms with van der Waals surface area (Å²) < 4.78 is 10.3. The fraction of sp³-hybridized carbons (Fsp3) is 0.500. The fourth-order valence-electron chi connectivity index (χ4n) is 2.12. The molecule has 1 aliphatic rings. The van der Waals surface area contributed by atoms with Gasteiger partial charge in [0.15, 0.2) is 0 Å². The Bertz CT molecular complexity index is 486. The zero-order chi connectivity index (χ0) is 14.5. The molecule has 20 heavy (non-hydrogen) atoms. The number of nitrogens with zero attached hydrogens (tertiary/aromatic N) is 2. The average Bonchev–Trinajstić information content (AvgIpc) is 2.88. The van der Waals surface area contributed by atoms with Crippen LogP contribution in [0.3, 0.4) is 0 Å². The zero-order valence-electron chi connectivity index (χ0n) is 11.7. The second-order valence-corrected chi connectivity index (χ2v) is 4.73. The van der Waals surface area contributed by atoms with E-state index in [1.165, 1.54) is 6.92 Å². The summed E-state index contributed by atoms with van der Waals surface area (Å²) in [6.45, 7) is 2.65. The van der Waals surface area contributed by atoms with Gasteiger partial charge >= 0.3 is 5.97 Å². The Hall–Kier alpha value is -2.11. The van der Waals surface area contributed by atoms with Gasteiger partial charge in [0.25, 0.3) is 0 Å². The molecule has 1 aliphatic heterocycles. The van der Waals surface area contributed by atoms with Crippen molar-refractivity contribution in [2.45, 2.75) is 25.9 Å². The summed E-state index contributed by atoms with van der Waals surface area (Å²) in [6.07, 6.45) is 2.18. The maximum atomic E-state index is 11.8. The molecule has 0 N–H and O–H groups in total. The molecule has 1 aromatic heterocycles. The van der Waals surface area contributed by atoms with Crippen molar-refractivity contribution in [2.75, 3.05) is 20.2 Å². The zero-order valence-corrected chi connectivity index (χ0v) is 11.7. The number of hydrogen-bond acceptors (Lipinski definition) is 5. The van der Waals surface area contributed by atoms with Crippen LogP contribution >= 0.6 is 0 Å². The summed E-state index contributed by atoms with van der Waals surface area (Å²) in [5, 5.41) is 0. The summed E-state index contributed by atoms with van der Waals surface area (Å²) in [4.78, 5) is 28.8. The molecule has 108 valence electrons. The first-order valence-electron chi connectivity index (χ1n) is 6.52. The van der Waals surface area contributed by atoms with Gasteiger partial charge in [-0.3, -0.25) is 14.6 Å². The normalized spacial score (nSPS) is 17.9. The molecule has 0 aliphatic carbocycles. The van der Waals surface area contributed by atoms with Crippen molar-refractivity contribution >= 4 is 11.9 Å². The third-order valence-corrected chi connectivity index (χ3v) is 3.25. The van der Waals surface area contributed by atoms with E-state index < -0.39 is 0 Å². The van der Waals surface area contributed by atoms with Gasteiger partial charge in [0.05, 0.1) is 32.0 Å². The fourth-order valence-corrected chi connectivity index (χ4v) is 2.12. The number of methoxy groups -OCH3 is 1. The summed E-state index contributed by atoms with van der Waals surface area (Å²) >= 11 is 0. The Kier molecular flexibility index (Phi) is 4.55. The predicted octanol–water partition coefficient (Wildman–Crippen LogP) is 0.797. The molecule has 0 radical (unpaired) electrons. The summed E-state index contributed by atoms with van der Waals surface area (Å²) in [5.74, 6) is 0.341. The Morgan fingerprint density at radius 3 is 2.80 bits per heavy atom. The largest absolute Gasteiger partial charge is 0.495 e. The van der Waals surface area contributed by atoms with Gasteiger partial charge in [0, 0.05) is 19.9 Å². The second kappa shape index (κ2) is 6.36. The lowest BCUT2D eigenvalue weighted by Gasteiger charge is -2.14. The molecule has 0 spiro atoms. The van der Waals surface area contributed by atoms with Crippen molar-refractivity contribution in [3.8, 4) is 5.75 Å². The molecule has 1 saturated heterocycles. The quantitative estimate of drug-likeness (QED) is 0.762. The third-order valence-electron chi connectivity index (χ3n) is 3.25.